The third-order valence-electron chi connectivity index (χ3n) is 3.29. The lowest BCUT2D eigenvalue weighted by Gasteiger charge is -2.27. The molecular weight excluding hydrogens is 252 g/mol. The van der Waals surface area contributed by atoms with Gasteiger partial charge in [0.1, 0.15) is 11.9 Å². The van der Waals surface area contributed by atoms with Gasteiger partial charge in [0.05, 0.1) is 6.04 Å². The summed E-state index contributed by atoms with van der Waals surface area (Å²) in [5.74, 6) is 6.18. The molecule has 2 atom stereocenters. The lowest BCUT2D eigenvalue weighted by molar-refractivity contribution is 0.0677. The number of nitrogens with zero attached hydrogens (tertiary/aromatic N) is 1. The topological polar surface area (TPSA) is 86.2 Å². The summed E-state index contributed by atoms with van der Waals surface area (Å²) in [7, 11) is 1.65. The number of hydrazine groups is 1. The van der Waals surface area contributed by atoms with Crippen molar-refractivity contribution in [3.63, 3.8) is 0 Å². The second-order valence-corrected chi connectivity index (χ2v) is 4.70. The van der Waals surface area contributed by atoms with Gasteiger partial charge in [-0.15, -0.1) is 0 Å². The maximum atomic E-state index is 5.97. The Morgan fingerprint density at radius 2 is 1.95 bits per heavy atom. The summed E-state index contributed by atoms with van der Waals surface area (Å²) >= 11 is 0. The molecular formula is C15H20N4O. The standard InChI is InChI=1S/C15H20N4O/c1-10-8-12(15(16)18-9-10)13(19-17)14(20-2)11-6-4-3-5-7-11/h3-9,13-14,19H,17H2,1-2H3,(H2,16,18). The number of methoxy groups -OCH3 is 1. The molecule has 0 fully saturated rings. The van der Waals surface area contributed by atoms with Gasteiger partial charge in [-0.3, -0.25) is 5.84 Å². The van der Waals surface area contributed by atoms with Gasteiger partial charge in [0.15, 0.2) is 0 Å². The molecule has 1 aromatic heterocycles. The van der Waals surface area contributed by atoms with E-state index in [-0.39, 0.29) is 12.1 Å². The van der Waals surface area contributed by atoms with Crippen molar-refractivity contribution in [1.82, 2.24) is 10.4 Å². The van der Waals surface area contributed by atoms with Crippen LogP contribution in [0, 0.1) is 6.92 Å². The highest BCUT2D eigenvalue weighted by molar-refractivity contribution is 5.44. The Bertz CT molecular complexity index is 559. The summed E-state index contributed by atoms with van der Waals surface area (Å²) < 4.78 is 5.61. The minimum absolute atomic E-state index is 0.243. The number of pyridine rings is 1. The van der Waals surface area contributed by atoms with Crippen molar-refractivity contribution in [2.75, 3.05) is 12.8 Å². The Morgan fingerprint density at radius 1 is 1.25 bits per heavy atom. The number of nitrogens with one attached hydrogen (secondary N) is 1. The predicted molar refractivity (Wildman–Crippen MR) is 79.6 cm³/mol. The van der Waals surface area contributed by atoms with E-state index < -0.39 is 0 Å². The monoisotopic (exact) mass is 272 g/mol. The molecule has 0 bridgehead atoms. The summed E-state index contributed by atoms with van der Waals surface area (Å²) in [6, 6.07) is 11.6. The fourth-order valence-corrected chi connectivity index (χ4v) is 2.30. The summed E-state index contributed by atoms with van der Waals surface area (Å²) in [6.07, 6.45) is 1.49. The molecule has 2 aromatic rings. The Balaban J connectivity index is 2.42. The lowest BCUT2D eigenvalue weighted by atomic mass is 9.95. The van der Waals surface area contributed by atoms with Crippen LogP contribution < -0.4 is 17.0 Å². The van der Waals surface area contributed by atoms with Crippen LogP contribution in [0.1, 0.15) is 28.8 Å². The minimum Gasteiger partial charge on any atom is -0.383 e. The Labute approximate surface area is 118 Å². The van der Waals surface area contributed by atoms with Crippen molar-refractivity contribution < 1.29 is 4.74 Å². The van der Waals surface area contributed by atoms with E-state index in [9.17, 15) is 0 Å². The van der Waals surface area contributed by atoms with Crippen molar-refractivity contribution in [3.05, 3.63) is 59.3 Å². The van der Waals surface area contributed by atoms with Crippen LogP contribution in [0.4, 0.5) is 5.82 Å². The van der Waals surface area contributed by atoms with Crippen molar-refractivity contribution >= 4 is 5.82 Å². The number of nitrogen functional groups attached to an aromatic ring is 1. The molecule has 1 aromatic carbocycles. The number of aromatic nitrogens is 1. The van der Waals surface area contributed by atoms with Crippen LogP contribution in [0.15, 0.2) is 42.6 Å². The largest absolute Gasteiger partial charge is 0.383 e. The molecule has 0 saturated carbocycles. The third kappa shape index (κ3) is 2.96. The van der Waals surface area contributed by atoms with E-state index in [1.807, 2.05) is 43.3 Å². The van der Waals surface area contributed by atoms with E-state index in [1.54, 1.807) is 13.3 Å². The maximum absolute atomic E-state index is 5.97. The van der Waals surface area contributed by atoms with E-state index in [2.05, 4.69) is 10.4 Å². The van der Waals surface area contributed by atoms with Crippen LogP contribution >= 0.6 is 0 Å². The SMILES string of the molecule is COC(c1ccccc1)C(NN)c1cc(C)cnc1N. The second kappa shape index (κ2) is 6.47. The molecule has 0 radical (unpaired) electrons. The van der Waals surface area contributed by atoms with Crippen LogP contribution in [-0.4, -0.2) is 12.1 Å². The molecule has 5 nitrogen and oxygen atoms in total. The van der Waals surface area contributed by atoms with E-state index in [1.165, 1.54) is 0 Å². The Morgan fingerprint density at radius 3 is 2.55 bits per heavy atom. The van der Waals surface area contributed by atoms with Crippen LogP contribution in [0.25, 0.3) is 0 Å². The number of ether oxygens (including phenoxy) is 1. The summed E-state index contributed by atoms with van der Waals surface area (Å²) in [5, 5.41) is 0. The van der Waals surface area contributed by atoms with E-state index in [0.717, 1.165) is 16.7 Å². The first kappa shape index (κ1) is 14.5. The Hall–Kier alpha value is -1.95. The molecule has 1 heterocycles. The molecule has 20 heavy (non-hydrogen) atoms. The smallest absolute Gasteiger partial charge is 0.128 e. The number of aryl methyl sites for hydroxylation is 1. The van der Waals surface area contributed by atoms with Crippen LogP contribution in [-0.2, 0) is 4.74 Å². The maximum Gasteiger partial charge on any atom is 0.128 e. The highest BCUT2D eigenvalue weighted by Crippen LogP contribution is 2.33. The molecule has 2 unspecified atom stereocenters. The van der Waals surface area contributed by atoms with Gasteiger partial charge in [0.2, 0.25) is 0 Å². The first-order valence-electron chi connectivity index (χ1n) is 6.43. The van der Waals surface area contributed by atoms with Gasteiger partial charge in [-0.2, -0.15) is 0 Å². The molecule has 5 N–H and O–H groups in total. The molecule has 0 spiro atoms. The minimum atomic E-state index is -0.269. The molecule has 0 aliphatic heterocycles. The lowest BCUT2D eigenvalue weighted by Crippen LogP contribution is -2.34. The summed E-state index contributed by atoms with van der Waals surface area (Å²) in [5.41, 5.74) is 11.7. The zero-order valence-electron chi connectivity index (χ0n) is 11.7. The molecule has 5 heteroatoms. The summed E-state index contributed by atoms with van der Waals surface area (Å²) in [4.78, 5) is 4.18. The van der Waals surface area contributed by atoms with Gasteiger partial charge in [0.25, 0.3) is 0 Å². The first-order valence-corrected chi connectivity index (χ1v) is 6.43. The van der Waals surface area contributed by atoms with Gasteiger partial charge in [-0.1, -0.05) is 30.3 Å². The first-order chi connectivity index (χ1) is 9.67. The third-order valence-corrected chi connectivity index (χ3v) is 3.29. The fraction of sp³-hybridized carbons (Fsp3) is 0.267. The molecule has 106 valence electrons. The number of rotatable bonds is 5. The summed E-state index contributed by atoms with van der Waals surface area (Å²) in [6.45, 7) is 1.97. The number of hydrogen-bond acceptors (Lipinski definition) is 5. The zero-order chi connectivity index (χ0) is 14.5. The molecule has 0 amide bonds. The average Bonchev–Trinajstić information content (AvgIpc) is 2.48. The highest BCUT2D eigenvalue weighted by Gasteiger charge is 2.25. The molecule has 0 aliphatic rings. The Kier molecular flexibility index (Phi) is 4.68. The van der Waals surface area contributed by atoms with Gasteiger partial charge >= 0.3 is 0 Å². The van der Waals surface area contributed by atoms with Crippen molar-refractivity contribution in [3.8, 4) is 0 Å². The molecule has 2 rings (SSSR count). The number of benzene rings is 1. The van der Waals surface area contributed by atoms with Crippen molar-refractivity contribution in [2.45, 2.75) is 19.1 Å². The average molecular weight is 272 g/mol. The van der Waals surface area contributed by atoms with E-state index in [4.69, 9.17) is 16.3 Å². The number of hydrogen-bond donors (Lipinski definition) is 3. The fourth-order valence-electron chi connectivity index (χ4n) is 2.30. The molecule has 0 saturated heterocycles. The van der Waals surface area contributed by atoms with Gasteiger partial charge in [-0.25, -0.2) is 10.4 Å². The van der Waals surface area contributed by atoms with Crippen LogP contribution in [0.5, 0.6) is 0 Å². The van der Waals surface area contributed by atoms with Gasteiger partial charge in [-0.05, 0) is 24.1 Å². The van der Waals surface area contributed by atoms with Crippen molar-refractivity contribution in [1.29, 1.82) is 0 Å². The number of anilines is 1. The van der Waals surface area contributed by atoms with Crippen LogP contribution in [0.2, 0.25) is 0 Å². The second-order valence-electron chi connectivity index (χ2n) is 4.70. The normalized spacial score (nSPS) is 13.9. The van der Waals surface area contributed by atoms with Gasteiger partial charge in [0, 0.05) is 18.9 Å². The zero-order valence-corrected chi connectivity index (χ0v) is 11.7. The van der Waals surface area contributed by atoms with Crippen molar-refractivity contribution in [2.24, 2.45) is 5.84 Å². The predicted octanol–water partition coefficient (Wildman–Crippen LogP) is 1.86. The highest BCUT2D eigenvalue weighted by atomic mass is 16.5. The molecule has 0 aliphatic carbocycles. The van der Waals surface area contributed by atoms with Gasteiger partial charge < -0.3 is 10.5 Å². The quantitative estimate of drug-likeness (QED) is 0.571. The van der Waals surface area contributed by atoms with E-state index in [0.29, 0.717) is 5.82 Å². The number of nitrogens with two attached hydrogens (primary N) is 2. The van der Waals surface area contributed by atoms with E-state index >= 15 is 0 Å². The van der Waals surface area contributed by atoms with Crippen LogP contribution in [0.3, 0.4) is 0 Å².